The minimum Gasteiger partial charge on any atom is -0.491 e. The summed E-state index contributed by atoms with van der Waals surface area (Å²) in [5.74, 6) is 0.867. The summed E-state index contributed by atoms with van der Waals surface area (Å²) >= 11 is 0. The molecule has 5 heteroatoms. The standard InChI is InChI=1S/C17H24N2O3/c1-12-5-6-16-14(10-12)15(11-22-16)19-17(20)18-8-7-13-4-2-3-9-21-13/h5-6,10,13,15H,2-4,7-9,11H2,1H3,(H2,18,19,20)/t13-,15-/m0/s1. The number of carbonyl (C=O) groups is 1. The van der Waals surface area contributed by atoms with E-state index in [2.05, 4.69) is 16.7 Å². The van der Waals surface area contributed by atoms with Gasteiger partial charge in [0.15, 0.2) is 0 Å². The van der Waals surface area contributed by atoms with Crippen LogP contribution in [0.2, 0.25) is 0 Å². The van der Waals surface area contributed by atoms with Crippen LogP contribution >= 0.6 is 0 Å². The second-order valence-electron chi connectivity index (χ2n) is 6.08. The number of benzene rings is 1. The predicted octanol–water partition coefficient (Wildman–Crippen LogP) is 2.69. The molecule has 120 valence electrons. The van der Waals surface area contributed by atoms with Crippen molar-refractivity contribution in [2.75, 3.05) is 19.8 Å². The Bertz CT molecular complexity index is 527. The molecule has 0 bridgehead atoms. The molecule has 2 N–H and O–H groups in total. The molecule has 22 heavy (non-hydrogen) atoms. The average Bonchev–Trinajstić information content (AvgIpc) is 2.90. The van der Waals surface area contributed by atoms with Gasteiger partial charge < -0.3 is 20.1 Å². The number of ether oxygens (including phenoxy) is 2. The summed E-state index contributed by atoms with van der Waals surface area (Å²) < 4.78 is 11.3. The highest BCUT2D eigenvalue weighted by Gasteiger charge is 2.25. The van der Waals surface area contributed by atoms with E-state index in [-0.39, 0.29) is 12.1 Å². The van der Waals surface area contributed by atoms with Crippen molar-refractivity contribution in [1.29, 1.82) is 0 Å². The van der Waals surface area contributed by atoms with Crippen LogP contribution < -0.4 is 15.4 Å². The van der Waals surface area contributed by atoms with Gasteiger partial charge >= 0.3 is 6.03 Å². The molecule has 5 nitrogen and oxygen atoms in total. The summed E-state index contributed by atoms with van der Waals surface area (Å²) in [5, 5.41) is 5.90. The highest BCUT2D eigenvalue weighted by atomic mass is 16.5. The third-order valence-electron chi connectivity index (χ3n) is 4.28. The maximum atomic E-state index is 12.0. The van der Waals surface area contributed by atoms with Crippen LogP contribution in [0.5, 0.6) is 5.75 Å². The Hall–Kier alpha value is -1.75. The van der Waals surface area contributed by atoms with Crippen molar-refractivity contribution < 1.29 is 14.3 Å². The second-order valence-corrected chi connectivity index (χ2v) is 6.08. The number of amides is 2. The Morgan fingerprint density at radius 3 is 3.09 bits per heavy atom. The lowest BCUT2D eigenvalue weighted by Gasteiger charge is -2.22. The lowest BCUT2D eigenvalue weighted by Crippen LogP contribution is -2.40. The fourth-order valence-electron chi connectivity index (χ4n) is 3.04. The molecule has 2 amide bonds. The fourth-order valence-corrected chi connectivity index (χ4v) is 3.04. The zero-order valence-corrected chi connectivity index (χ0v) is 13.1. The van der Waals surface area contributed by atoms with Crippen molar-refractivity contribution in [2.24, 2.45) is 0 Å². The van der Waals surface area contributed by atoms with E-state index in [1.807, 2.05) is 19.1 Å². The van der Waals surface area contributed by atoms with Crippen molar-refractivity contribution in [3.05, 3.63) is 29.3 Å². The van der Waals surface area contributed by atoms with Gasteiger partial charge in [-0.3, -0.25) is 0 Å². The molecule has 1 saturated heterocycles. The van der Waals surface area contributed by atoms with Gasteiger partial charge in [-0.1, -0.05) is 17.7 Å². The third kappa shape index (κ3) is 3.71. The zero-order chi connectivity index (χ0) is 15.4. The minimum absolute atomic E-state index is 0.0687. The van der Waals surface area contributed by atoms with Gasteiger partial charge in [0.05, 0.1) is 12.1 Å². The first kappa shape index (κ1) is 15.2. The number of hydrogen-bond acceptors (Lipinski definition) is 3. The van der Waals surface area contributed by atoms with E-state index in [0.29, 0.717) is 19.3 Å². The van der Waals surface area contributed by atoms with E-state index < -0.39 is 0 Å². The Kier molecular flexibility index (Phi) is 4.83. The average molecular weight is 304 g/mol. The van der Waals surface area contributed by atoms with E-state index in [1.165, 1.54) is 12.0 Å². The van der Waals surface area contributed by atoms with Crippen LogP contribution in [0, 0.1) is 6.92 Å². The van der Waals surface area contributed by atoms with Crippen molar-refractivity contribution >= 4 is 6.03 Å². The van der Waals surface area contributed by atoms with Crippen molar-refractivity contribution in [3.8, 4) is 5.75 Å². The molecule has 0 radical (unpaired) electrons. The smallest absolute Gasteiger partial charge is 0.315 e. The number of hydrogen-bond donors (Lipinski definition) is 2. The monoisotopic (exact) mass is 304 g/mol. The van der Waals surface area contributed by atoms with E-state index in [1.54, 1.807) is 0 Å². The molecular weight excluding hydrogens is 280 g/mol. The maximum Gasteiger partial charge on any atom is 0.315 e. The maximum absolute atomic E-state index is 12.0. The largest absolute Gasteiger partial charge is 0.491 e. The van der Waals surface area contributed by atoms with Crippen LogP contribution in [0.15, 0.2) is 18.2 Å². The Labute approximate surface area is 131 Å². The summed E-state index contributed by atoms with van der Waals surface area (Å²) in [4.78, 5) is 12.0. The van der Waals surface area contributed by atoms with E-state index in [0.717, 1.165) is 37.2 Å². The van der Waals surface area contributed by atoms with Crippen molar-refractivity contribution in [2.45, 2.75) is 44.8 Å². The highest BCUT2D eigenvalue weighted by Crippen LogP contribution is 2.32. The molecule has 3 rings (SSSR count). The highest BCUT2D eigenvalue weighted by molar-refractivity contribution is 5.74. The van der Waals surface area contributed by atoms with Gasteiger partial charge in [-0.2, -0.15) is 0 Å². The fraction of sp³-hybridized carbons (Fsp3) is 0.588. The normalized spacial score (nSPS) is 23.5. The van der Waals surface area contributed by atoms with Gasteiger partial charge in [-0.15, -0.1) is 0 Å². The quantitative estimate of drug-likeness (QED) is 0.899. The van der Waals surface area contributed by atoms with Gasteiger partial charge in [0.2, 0.25) is 0 Å². The molecule has 0 spiro atoms. The molecule has 0 aliphatic carbocycles. The molecule has 2 aliphatic rings. The predicted molar refractivity (Wildman–Crippen MR) is 84.2 cm³/mol. The topological polar surface area (TPSA) is 59.6 Å². The Balaban J connectivity index is 1.44. The Morgan fingerprint density at radius 2 is 2.27 bits per heavy atom. The van der Waals surface area contributed by atoms with Crippen LogP contribution in [0.1, 0.15) is 42.9 Å². The first-order valence-corrected chi connectivity index (χ1v) is 8.11. The summed E-state index contributed by atoms with van der Waals surface area (Å²) in [6, 6.07) is 5.85. The zero-order valence-electron chi connectivity index (χ0n) is 13.1. The Morgan fingerprint density at radius 1 is 1.36 bits per heavy atom. The molecule has 1 fully saturated rings. The molecule has 2 atom stereocenters. The van der Waals surface area contributed by atoms with Crippen LogP contribution in [0.3, 0.4) is 0 Å². The first-order valence-electron chi connectivity index (χ1n) is 8.11. The SMILES string of the molecule is Cc1ccc2c(c1)[C@@H](NC(=O)NCC[C@@H]1CCCCO1)CO2. The number of carbonyl (C=O) groups excluding carboxylic acids is 1. The van der Waals surface area contributed by atoms with Crippen LogP contribution in [-0.4, -0.2) is 31.9 Å². The van der Waals surface area contributed by atoms with Crippen molar-refractivity contribution in [3.63, 3.8) is 0 Å². The molecule has 1 aromatic carbocycles. The molecular formula is C17H24N2O3. The molecule has 2 aliphatic heterocycles. The molecule has 2 heterocycles. The molecule has 0 saturated carbocycles. The van der Waals surface area contributed by atoms with Gasteiger partial charge in [0.25, 0.3) is 0 Å². The number of aryl methyl sites for hydroxylation is 1. The summed E-state index contributed by atoms with van der Waals surface area (Å²) in [7, 11) is 0. The number of rotatable bonds is 4. The van der Waals surface area contributed by atoms with Crippen LogP contribution in [-0.2, 0) is 4.74 Å². The number of fused-ring (bicyclic) bond motifs is 1. The van der Waals surface area contributed by atoms with E-state index in [4.69, 9.17) is 9.47 Å². The molecule has 0 unspecified atom stereocenters. The van der Waals surface area contributed by atoms with Gasteiger partial charge in [0, 0.05) is 18.7 Å². The summed E-state index contributed by atoms with van der Waals surface area (Å²) in [6.07, 6.45) is 4.67. The minimum atomic E-state index is -0.140. The number of nitrogens with one attached hydrogen (secondary N) is 2. The summed E-state index contributed by atoms with van der Waals surface area (Å²) in [6.45, 7) is 4.04. The van der Waals surface area contributed by atoms with Crippen molar-refractivity contribution in [1.82, 2.24) is 10.6 Å². The lowest BCUT2D eigenvalue weighted by atomic mass is 10.1. The molecule has 0 aromatic heterocycles. The van der Waals surface area contributed by atoms with Gasteiger partial charge in [-0.25, -0.2) is 4.79 Å². The van der Waals surface area contributed by atoms with Gasteiger partial charge in [-0.05, 0) is 38.7 Å². The van der Waals surface area contributed by atoms with Crippen LogP contribution in [0.25, 0.3) is 0 Å². The van der Waals surface area contributed by atoms with E-state index in [9.17, 15) is 4.79 Å². The number of urea groups is 1. The van der Waals surface area contributed by atoms with Crippen LogP contribution in [0.4, 0.5) is 4.79 Å². The molecule has 1 aromatic rings. The second kappa shape index (κ2) is 7.01. The summed E-state index contributed by atoms with van der Waals surface area (Å²) in [5.41, 5.74) is 2.23. The van der Waals surface area contributed by atoms with Gasteiger partial charge in [0.1, 0.15) is 12.4 Å². The van der Waals surface area contributed by atoms with E-state index >= 15 is 0 Å². The first-order chi connectivity index (χ1) is 10.7. The third-order valence-corrected chi connectivity index (χ3v) is 4.28. The lowest BCUT2D eigenvalue weighted by molar-refractivity contribution is 0.0120.